The lowest BCUT2D eigenvalue weighted by atomic mass is 10.0. The molecule has 0 aliphatic heterocycles. The summed E-state index contributed by atoms with van der Waals surface area (Å²) in [4.78, 5) is 11.7. The normalized spacial score (nSPS) is 13.8. The van der Waals surface area contributed by atoms with Gasteiger partial charge in [-0.05, 0) is 6.42 Å². The van der Waals surface area contributed by atoms with Crippen molar-refractivity contribution in [3.63, 3.8) is 0 Å². The maximum Gasteiger partial charge on any atom is 0.333 e. The molecule has 1 N–H and O–H groups in total. The fraction of sp³-hybridized carbons (Fsp3) is 0.944. The van der Waals surface area contributed by atoms with Crippen LogP contribution in [-0.4, -0.2) is 24.0 Å². The Labute approximate surface area is 237 Å². The Morgan fingerprint density at radius 2 is 1.00 bits per heavy atom. The molecule has 0 fully saturated rings. The van der Waals surface area contributed by atoms with Crippen molar-refractivity contribution >= 4 is 133 Å². The third-order valence-electron chi connectivity index (χ3n) is 4.61. The van der Waals surface area contributed by atoms with Gasteiger partial charge in [0.2, 0.25) is 3.23 Å². The summed E-state index contributed by atoms with van der Waals surface area (Å²) in [5.74, 6) is -1.06. The second-order valence-electron chi connectivity index (χ2n) is 7.02. The summed E-state index contributed by atoms with van der Waals surface area (Å²) in [5, 5.41) is 9.56. The number of aliphatic carboxylic acids is 1. The zero-order chi connectivity index (χ0) is 22.1. The minimum atomic E-state index is -1.45. The highest BCUT2D eigenvalue weighted by molar-refractivity contribution is 9.34. The topological polar surface area (TPSA) is 37.3 Å². The number of halogens is 8. The largest absolute Gasteiger partial charge is 0.480 e. The maximum absolute atomic E-state index is 11.7. The summed E-state index contributed by atoms with van der Waals surface area (Å²) in [5.41, 5.74) is 0. The molecule has 0 aromatic heterocycles. The van der Waals surface area contributed by atoms with Crippen LogP contribution in [0.2, 0.25) is 0 Å². The Morgan fingerprint density at radius 3 is 1.36 bits per heavy atom. The quantitative estimate of drug-likeness (QED) is 0.124. The van der Waals surface area contributed by atoms with Crippen LogP contribution in [-0.2, 0) is 4.79 Å². The fourth-order valence-electron chi connectivity index (χ4n) is 2.73. The minimum absolute atomic E-state index is 0.596. The van der Waals surface area contributed by atoms with E-state index in [1.807, 2.05) is 0 Å². The van der Waals surface area contributed by atoms with Crippen molar-refractivity contribution in [3.8, 4) is 0 Å². The molecular weight excluding hydrogens is 887 g/mol. The van der Waals surface area contributed by atoms with E-state index in [0.29, 0.717) is 0 Å². The molecule has 0 saturated heterocycles. The molecule has 168 valence electrons. The van der Waals surface area contributed by atoms with Crippen LogP contribution in [0.4, 0.5) is 0 Å². The van der Waals surface area contributed by atoms with E-state index in [1.54, 1.807) is 0 Å². The van der Waals surface area contributed by atoms with Crippen LogP contribution in [0.15, 0.2) is 0 Å². The number of unbranched alkanes of at least 4 members (excludes halogenated alkanes) is 10. The minimum Gasteiger partial charge on any atom is -0.480 e. The van der Waals surface area contributed by atoms with Gasteiger partial charge in [0.15, 0.2) is 0 Å². The van der Waals surface area contributed by atoms with Gasteiger partial charge in [-0.2, -0.15) is 0 Å². The highest BCUT2D eigenvalue weighted by Gasteiger charge is 2.67. The Balaban J connectivity index is 4.37. The molecule has 28 heavy (non-hydrogen) atoms. The molecule has 0 heterocycles. The van der Waals surface area contributed by atoms with Crippen LogP contribution < -0.4 is 0 Å². The molecular formula is C18H28Br8O2. The van der Waals surface area contributed by atoms with E-state index in [4.69, 9.17) is 0 Å². The summed E-state index contributed by atoms with van der Waals surface area (Å²) < 4.78 is -4.05. The van der Waals surface area contributed by atoms with E-state index in [1.165, 1.54) is 57.8 Å². The first kappa shape index (κ1) is 31.3. The number of alkyl halides is 8. The van der Waals surface area contributed by atoms with Gasteiger partial charge in [-0.15, -0.1) is 0 Å². The summed E-state index contributed by atoms with van der Waals surface area (Å²) in [6.07, 6.45) is 14.9. The molecule has 0 aliphatic rings. The monoisotopic (exact) mass is 908 g/mol. The average molecular weight is 916 g/mol. The highest BCUT2D eigenvalue weighted by Crippen LogP contribution is 2.67. The lowest BCUT2D eigenvalue weighted by Gasteiger charge is -2.47. The van der Waals surface area contributed by atoms with Crippen molar-refractivity contribution in [2.75, 3.05) is 0 Å². The van der Waals surface area contributed by atoms with E-state index in [-0.39, 0.29) is 0 Å². The summed E-state index contributed by atoms with van der Waals surface area (Å²) in [6, 6.07) is 0. The molecule has 0 aromatic carbocycles. The number of hydrogen-bond acceptors (Lipinski definition) is 1. The van der Waals surface area contributed by atoms with E-state index < -0.39 is 18.9 Å². The Hall–Kier alpha value is 3.31. The molecule has 0 radical (unpaired) electrons. The molecule has 2 nitrogen and oxygen atoms in total. The predicted molar refractivity (Wildman–Crippen MR) is 151 cm³/mol. The van der Waals surface area contributed by atoms with Gasteiger partial charge in [-0.3, -0.25) is 0 Å². The molecule has 0 atom stereocenters. The molecule has 0 aromatic rings. The molecule has 0 aliphatic carbocycles. The molecule has 0 unspecified atom stereocenters. The second-order valence-corrected chi connectivity index (χ2v) is 21.1. The van der Waals surface area contributed by atoms with Gasteiger partial charge < -0.3 is 5.11 Å². The number of hydrogen-bond donors (Lipinski definition) is 1. The van der Waals surface area contributed by atoms with Crippen molar-refractivity contribution in [2.24, 2.45) is 0 Å². The molecule has 0 spiro atoms. The molecule has 0 saturated carbocycles. The third kappa shape index (κ3) is 9.28. The highest BCUT2D eigenvalue weighted by atomic mass is 79.9. The van der Waals surface area contributed by atoms with Crippen molar-refractivity contribution < 1.29 is 9.90 Å². The Bertz CT molecular complexity index is 467. The maximum atomic E-state index is 11.7. The average Bonchev–Trinajstić information content (AvgIpc) is 2.58. The first-order valence-electron chi connectivity index (χ1n) is 9.50. The van der Waals surface area contributed by atoms with E-state index in [2.05, 4.69) is 134 Å². The Kier molecular flexibility index (Phi) is 16.3. The van der Waals surface area contributed by atoms with Gasteiger partial charge in [0, 0.05) is 0 Å². The lowest BCUT2D eigenvalue weighted by Crippen LogP contribution is -2.58. The number of carboxylic acid groups (broad SMARTS) is 1. The van der Waals surface area contributed by atoms with E-state index in [0.717, 1.165) is 19.3 Å². The Morgan fingerprint density at radius 1 is 0.643 bits per heavy atom. The van der Waals surface area contributed by atoms with Gasteiger partial charge >= 0.3 is 5.97 Å². The molecule has 10 heteroatoms. The van der Waals surface area contributed by atoms with Crippen molar-refractivity contribution in [1.29, 1.82) is 0 Å². The van der Waals surface area contributed by atoms with Crippen molar-refractivity contribution in [3.05, 3.63) is 0 Å². The fourth-order valence-corrected chi connectivity index (χ4v) is 8.62. The molecule has 0 amide bonds. The molecule has 0 bridgehead atoms. The summed E-state index contributed by atoms with van der Waals surface area (Å²) in [7, 11) is 0. The number of carboxylic acids is 1. The lowest BCUT2D eigenvalue weighted by molar-refractivity contribution is -0.137. The zero-order valence-electron chi connectivity index (χ0n) is 15.9. The van der Waals surface area contributed by atoms with Gasteiger partial charge in [0.05, 0.1) is 0 Å². The van der Waals surface area contributed by atoms with E-state index >= 15 is 0 Å². The number of rotatable bonds is 16. The van der Waals surface area contributed by atoms with Gasteiger partial charge in [0.1, 0.15) is 9.70 Å². The van der Waals surface area contributed by atoms with Crippen molar-refractivity contribution in [1.82, 2.24) is 0 Å². The summed E-state index contributed by atoms with van der Waals surface area (Å²) >= 11 is 28.4. The van der Waals surface area contributed by atoms with Gasteiger partial charge in [-0.25, -0.2) is 4.79 Å². The predicted octanol–water partition coefficient (Wildman–Crippen LogP) is 10.7. The second kappa shape index (κ2) is 14.5. The van der Waals surface area contributed by atoms with Crippen LogP contribution in [0.5, 0.6) is 0 Å². The van der Waals surface area contributed by atoms with Crippen LogP contribution >= 0.6 is 127 Å². The summed E-state index contributed by atoms with van der Waals surface area (Å²) in [6.45, 7) is 2.25. The van der Waals surface area contributed by atoms with E-state index in [9.17, 15) is 9.90 Å². The zero-order valence-corrected chi connectivity index (χ0v) is 28.6. The van der Waals surface area contributed by atoms with Crippen LogP contribution in [0.3, 0.4) is 0 Å². The first-order chi connectivity index (χ1) is 12.8. The van der Waals surface area contributed by atoms with Crippen LogP contribution in [0.25, 0.3) is 0 Å². The van der Waals surface area contributed by atoms with Crippen LogP contribution in [0.1, 0.15) is 84.0 Å². The number of carbonyl (C=O) groups is 1. The SMILES string of the molecule is CCCCCCCCCCCCCC(Br)(Br)C(Br)(Br)C(Br)(Br)C(Br)(Br)C(=O)O. The smallest absolute Gasteiger partial charge is 0.333 e. The van der Waals surface area contributed by atoms with Gasteiger partial charge in [0.25, 0.3) is 0 Å². The molecule has 0 rings (SSSR count). The van der Waals surface area contributed by atoms with Crippen molar-refractivity contribution in [2.45, 2.75) is 96.9 Å². The standard InChI is InChI=1S/C18H28Br8O2/c1-2-3-4-5-6-7-8-9-10-11-12-13-15(19,20)17(23,24)18(25,26)16(21,22)14(27)28/h2-13H2,1H3,(H,27,28). The third-order valence-corrected chi connectivity index (χ3v) is 19.8. The van der Waals surface area contributed by atoms with Crippen LogP contribution in [0, 0.1) is 0 Å². The first-order valence-corrected chi connectivity index (χ1v) is 15.8. The van der Waals surface area contributed by atoms with Gasteiger partial charge in [-0.1, -0.05) is 205 Å².